The number of aryl methyl sites for hydroxylation is 1. The van der Waals surface area contributed by atoms with E-state index in [1.807, 2.05) is 37.3 Å². The second-order valence-electron chi connectivity index (χ2n) is 5.16. The Morgan fingerprint density at radius 1 is 0.957 bits per heavy atom. The normalized spacial score (nSPS) is 11.0. The van der Waals surface area contributed by atoms with Gasteiger partial charge in [-0.3, -0.25) is 9.97 Å². The number of halogens is 1. The van der Waals surface area contributed by atoms with Crippen LogP contribution in [0.15, 0.2) is 55.0 Å². The first kappa shape index (κ1) is 13.8. The molecule has 0 aliphatic heterocycles. The first-order chi connectivity index (χ1) is 11.2. The van der Waals surface area contributed by atoms with E-state index in [0.29, 0.717) is 5.15 Å². The highest BCUT2D eigenvalue weighted by Gasteiger charge is 2.17. The molecule has 4 heterocycles. The maximum atomic E-state index is 6.08. The molecular formula is C17H12ClN5. The van der Waals surface area contributed by atoms with Gasteiger partial charge in [-0.25, -0.2) is 9.50 Å². The van der Waals surface area contributed by atoms with E-state index in [2.05, 4.69) is 15.1 Å². The highest BCUT2D eigenvalue weighted by Crippen LogP contribution is 2.32. The zero-order chi connectivity index (χ0) is 15.8. The summed E-state index contributed by atoms with van der Waals surface area (Å²) in [6.45, 7) is 1.96. The van der Waals surface area contributed by atoms with Crippen LogP contribution in [0.5, 0.6) is 0 Å². The molecule has 4 aromatic heterocycles. The van der Waals surface area contributed by atoms with Crippen molar-refractivity contribution in [1.29, 1.82) is 0 Å². The maximum absolute atomic E-state index is 6.08. The van der Waals surface area contributed by atoms with Gasteiger partial charge in [0.2, 0.25) is 0 Å². The fraction of sp³-hybridized carbons (Fsp3) is 0.0588. The summed E-state index contributed by atoms with van der Waals surface area (Å²) in [4.78, 5) is 13.1. The summed E-state index contributed by atoms with van der Waals surface area (Å²) in [5.74, 6) is 0. The monoisotopic (exact) mass is 321 g/mol. The Morgan fingerprint density at radius 3 is 2.52 bits per heavy atom. The molecule has 0 radical (unpaired) electrons. The van der Waals surface area contributed by atoms with E-state index in [1.54, 1.807) is 29.2 Å². The highest BCUT2D eigenvalue weighted by atomic mass is 35.5. The second kappa shape index (κ2) is 5.44. The number of hydrogen-bond acceptors (Lipinski definition) is 4. The number of nitrogens with zero attached hydrogens (tertiary/aromatic N) is 5. The van der Waals surface area contributed by atoms with Crippen LogP contribution in [0.3, 0.4) is 0 Å². The molecule has 5 nitrogen and oxygen atoms in total. The molecule has 0 saturated carbocycles. The Kier molecular flexibility index (Phi) is 3.28. The Bertz CT molecular complexity index is 994. The minimum absolute atomic E-state index is 0.420. The Balaban J connectivity index is 2.08. The van der Waals surface area contributed by atoms with Crippen molar-refractivity contribution < 1.29 is 0 Å². The molecular weight excluding hydrogens is 310 g/mol. The number of fused-ring (bicyclic) bond motifs is 1. The van der Waals surface area contributed by atoms with Gasteiger partial charge >= 0.3 is 0 Å². The first-order valence-corrected chi connectivity index (χ1v) is 7.49. The van der Waals surface area contributed by atoms with E-state index in [1.165, 1.54) is 0 Å². The van der Waals surface area contributed by atoms with Crippen molar-refractivity contribution in [3.8, 4) is 22.5 Å². The molecule has 0 fully saturated rings. The van der Waals surface area contributed by atoms with Gasteiger partial charge in [-0.2, -0.15) is 5.10 Å². The van der Waals surface area contributed by atoms with E-state index in [-0.39, 0.29) is 0 Å². The summed E-state index contributed by atoms with van der Waals surface area (Å²) in [5.41, 5.74) is 5.37. The lowest BCUT2D eigenvalue weighted by Crippen LogP contribution is -1.95. The second-order valence-corrected chi connectivity index (χ2v) is 5.54. The van der Waals surface area contributed by atoms with Gasteiger partial charge in [-0.1, -0.05) is 11.6 Å². The lowest BCUT2D eigenvalue weighted by Gasteiger charge is -2.05. The lowest BCUT2D eigenvalue weighted by atomic mass is 10.1. The van der Waals surface area contributed by atoms with Gasteiger partial charge in [0.25, 0.3) is 0 Å². The number of aromatic nitrogens is 5. The number of hydrogen-bond donors (Lipinski definition) is 0. The van der Waals surface area contributed by atoms with Gasteiger partial charge in [0, 0.05) is 35.4 Å². The summed E-state index contributed by atoms with van der Waals surface area (Å²) in [5, 5.41) is 4.83. The summed E-state index contributed by atoms with van der Waals surface area (Å²) in [7, 11) is 0. The predicted octanol–water partition coefficient (Wildman–Crippen LogP) is 3.82. The SMILES string of the molecule is Cc1cc(-c2c(-c3ccncc3)nc3ccc(Cl)nn23)ccn1. The van der Waals surface area contributed by atoms with Crippen molar-refractivity contribution in [2.75, 3.05) is 0 Å². The van der Waals surface area contributed by atoms with Crippen molar-refractivity contribution in [2.45, 2.75) is 6.92 Å². The molecule has 23 heavy (non-hydrogen) atoms. The van der Waals surface area contributed by atoms with Crippen LogP contribution in [0.25, 0.3) is 28.2 Å². The van der Waals surface area contributed by atoms with Gasteiger partial charge in [-0.05, 0) is 43.3 Å². The maximum Gasteiger partial charge on any atom is 0.155 e. The van der Waals surface area contributed by atoms with E-state index < -0.39 is 0 Å². The van der Waals surface area contributed by atoms with Gasteiger partial charge in [0.1, 0.15) is 10.8 Å². The molecule has 0 saturated heterocycles. The molecule has 0 atom stereocenters. The van der Waals surface area contributed by atoms with Crippen LogP contribution in [0.2, 0.25) is 5.15 Å². The molecule has 0 spiro atoms. The van der Waals surface area contributed by atoms with E-state index in [9.17, 15) is 0 Å². The fourth-order valence-electron chi connectivity index (χ4n) is 2.57. The van der Waals surface area contributed by atoms with Crippen LogP contribution in [-0.4, -0.2) is 24.6 Å². The zero-order valence-electron chi connectivity index (χ0n) is 12.3. The summed E-state index contributed by atoms with van der Waals surface area (Å²) in [6, 6.07) is 11.4. The van der Waals surface area contributed by atoms with Crippen molar-refractivity contribution in [1.82, 2.24) is 24.6 Å². The Labute approximate surface area is 137 Å². The number of rotatable bonds is 2. The van der Waals surface area contributed by atoms with Gasteiger partial charge < -0.3 is 0 Å². The molecule has 112 valence electrons. The molecule has 6 heteroatoms. The molecule has 0 amide bonds. The Morgan fingerprint density at radius 2 is 1.74 bits per heavy atom. The minimum atomic E-state index is 0.420. The molecule has 0 aliphatic carbocycles. The predicted molar refractivity (Wildman–Crippen MR) is 89.2 cm³/mol. The summed E-state index contributed by atoms with van der Waals surface area (Å²) in [6.07, 6.45) is 5.29. The zero-order valence-corrected chi connectivity index (χ0v) is 13.1. The molecule has 0 unspecified atom stereocenters. The minimum Gasteiger partial charge on any atom is -0.265 e. The topological polar surface area (TPSA) is 56.0 Å². The van der Waals surface area contributed by atoms with E-state index in [0.717, 1.165) is 33.9 Å². The quantitative estimate of drug-likeness (QED) is 0.563. The highest BCUT2D eigenvalue weighted by molar-refractivity contribution is 6.29. The van der Waals surface area contributed by atoms with Gasteiger partial charge in [0.15, 0.2) is 5.65 Å². The number of pyridine rings is 2. The smallest absolute Gasteiger partial charge is 0.155 e. The molecule has 0 aromatic carbocycles. The van der Waals surface area contributed by atoms with Gasteiger partial charge in [-0.15, -0.1) is 0 Å². The molecule has 0 bridgehead atoms. The number of imidazole rings is 1. The molecule has 0 N–H and O–H groups in total. The van der Waals surface area contributed by atoms with E-state index >= 15 is 0 Å². The summed E-state index contributed by atoms with van der Waals surface area (Å²) < 4.78 is 1.77. The standard InChI is InChI=1S/C17H12ClN5/c1-11-10-13(6-9-20-11)17-16(12-4-7-19-8-5-12)21-15-3-2-14(18)22-23(15)17/h2-10H,1H3. The molecule has 0 aliphatic rings. The summed E-state index contributed by atoms with van der Waals surface area (Å²) >= 11 is 6.08. The van der Waals surface area contributed by atoms with Crippen molar-refractivity contribution in [3.63, 3.8) is 0 Å². The van der Waals surface area contributed by atoms with Crippen LogP contribution in [0.4, 0.5) is 0 Å². The van der Waals surface area contributed by atoms with Crippen LogP contribution < -0.4 is 0 Å². The average Bonchev–Trinajstić information content (AvgIpc) is 2.94. The van der Waals surface area contributed by atoms with Gasteiger partial charge in [0.05, 0.1) is 5.69 Å². The molecule has 4 aromatic rings. The third-order valence-corrected chi connectivity index (χ3v) is 3.77. The van der Waals surface area contributed by atoms with E-state index in [4.69, 9.17) is 16.6 Å². The van der Waals surface area contributed by atoms with Crippen molar-refractivity contribution >= 4 is 17.2 Å². The first-order valence-electron chi connectivity index (χ1n) is 7.11. The van der Waals surface area contributed by atoms with Crippen LogP contribution in [0, 0.1) is 6.92 Å². The third kappa shape index (κ3) is 2.45. The van der Waals surface area contributed by atoms with Crippen molar-refractivity contribution in [2.24, 2.45) is 0 Å². The van der Waals surface area contributed by atoms with Crippen molar-refractivity contribution in [3.05, 3.63) is 65.8 Å². The lowest BCUT2D eigenvalue weighted by molar-refractivity contribution is 0.942. The Hall–Kier alpha value is -2.79. The third-order valence-electron chi connectivity index (χ3n) is 3.57. The van der Waals surface area contributed by atoms with Crippen LogP contribution in [0.1, 0.15) is 5.69 Å². The fourth-order valence-corrected chi connectivity index (χ4v) is 2.71. The van der Waals surface area contributed by atoms with Crippen LogP contribution in [-0.2, 0) is 0 Å². The van der Waals surface area contributed by atoms with Crippen LogP contribution >= 0.6 is 11.6 Å². The largest absolute Gasteiger partial charge is 0.265 e. The average molecular weight is 322 g/mol. The molecule has 4 rings (SSSR count).